The molecule has 1 aromatic heterocycles. The van der Waals surface area contributed by atoms with Crippen molar-refractivity contribution in [3.63, 3.8) is 0 Å². The summed E-state index contributed by atoms with van der Waals surface area (Å²) in [5.74, 6) is -0.381. The van der Waals surface area contributed by atoms with E-state index in [4.69, 9.17) is 15.6 Å². The summed E-state index contributed by atoms with van der Waals surface area (Å²) < 4.78 is 6.67. The Kier molecular flexibility index (Phi) is 3.46. The molecule has 1 fully saturated rings. The smallest absolute Gasteiger partial charge is 0.351 e. The summed E-state index contributed by atoms with van der Waals surface area (Å²) in [5.41, 5.74) is 4.83. The number of nitrogens with two attached hydrogens (primary N) is 1. The molecule has 7 heteroatoms. The van der Waals surface area contributed by atoms with Crippen LogP contribution in [0.5, 0.6) is 0 Å². The van der Waals surface area contributed by atoms with Crippen molar-refractivity contribution in [3.8, 4) is 0 Å². The van der Waals surface area contributed by atoms with Gasteiger partial charge in [-0.25, -0.2) is 4.79 Å². The van der Waals surface area contributed by atoms with Crippen LogP contribution in [0.2, 0.25) is 0 Å². The monoisotopic (exact) mass is 253 g/mol. The second kappa shape index (κ2) is 4.89. The molecule has 1 aromatic rings. The van der Waals surface area contributed by atoms with Gasteiger partial charge in [0.1, 0.15) is 18.1 Å². The Hall–Kier alpha value is -1.70. The number of nitrogens with zero attached hydrogens (tertiary/aromatic N) is 2. The van der Waals surface area contributed by atoms with Crippen LogP contribution in [0.15, 0.2) is 29.7 Å². The number of anilines is 1. The number of hydrogen-bond acceptors (Lipinski definition) is 6. The van der Waals surface area contributed by atoms with Gasteiger partial charge in [-0.3, -0.25) is 4.57 Å². The highest BCUT2D eigenvalue weighted by Gasteiger charge is 2.42. The van der Waals surface area contributed by atoms with Crippen LogP contribution in [0.1, 0.15) is 6.23 Å². The Labute approximate surface area is 103 Å². The number of rotatable bonds is 3. The second-order valence-corrected chi connectivity index (χ2v) is 4.09. The van der Waals surface area contributed by atoms with E-state index in [1.807, 2.05) is 0 Å². The zero-order valence-corrected chi connectivity index (χ0v) is 9.64. The van der Waals surface area contributed by atoms with Crippen LogP contribution >= 0.6 is 0 Å². The third kappa shape index (κ3) is 2.03. The average molecular weight is 253 g/mol. The van der Waals surface area contributed by atoms with Crippen molar-refractivity contribution in [2.75, 3.05) is 12.3 Å². The summed E-state index contributed by atoms with van der Waals surface area (Å²) in [6, 6.07) is 1.46. The summed E-state index contributed by atoms with van der Waals surface area (Å²) >= 11 is 0. The predicted octanol–water partition coefficient (Wildman–Crippen LogP) is -1.12. The van der Waals surface area contributed by atoms with Crippen LogP contribution in [0, 0.1) is 5.92 Å². The molecule has 0 bridgehead atoms. The lowest BCUT2D eigenvalue weighted by molar-refractivity contribution is -0.0470. The van der Waals surface area contributed by atoms with Crippen LogP contribution in [0.25, 0.3) is 0 Å². The van der Waals surface area contributed by atoms with Crippen molar-refractivity contribution >= 4 is 5.82 Å². The van der Waals surface area contributed by atoms with Gasteiger partial charge >= 0.3 is 5.69 Å². The molecule has 2 rings (SSSR count). The number of aliphatic hydroxyl groups is 2. The fraction of sp³-hybridized carbons (Fsp3) is 0.455. The third-order valence-electron chi connectivity index (χ3n) is 3.00. The minimum absolute atomic E-state index is 0.114. The first-order valence-electron chi connectivity index (χ1n) is 5.50. The van der Waals surface area contributed by atoms with Gasteiger partial charge in [-0.1, -0.05) is 6.08 Å². The maximum Gasteiger partial charge on any atom is 0.351 e. The first kappa shape index (κ1) is 12.7. The van der Waals surface area contributed by atoms with Crippen molar-refractivity contribution in [2.45, 2.75) is 18.4 Å². The van der Waals surface area contributed by atoms with Crippen LogP contribution in [-0.4, -0.2) is 38.6 Å². The molecule has 0 amide bonds. The van der Waals surface area contributed by atoms with Gasteiger partial charge in [0, 0.05) is 6.20 Å². The van der Waals surface area contributed by atoms with Gasteiger partial charge in [0.2, 0.25) is 0 Å². The molecule has 0 saturated carbocycles. The molecule has 1 aliphatic heterocycles. The Morgan fingerprint density at radius 3 is 2.94 bits per heavy atom. The molecule has 0 spiro atoms. The lowest BCUT2D eigenvalue weighted by Gasteiger charge is -2.18. The van der Waals surface area contributed by atoms with Gasteiger partial charge in [0.15, 0.2) is 0 Å². The number of aliphatic hydroxyl groups excluding tert-OH is 2. The number of nitrogen functional groups attached to an aromatic ring is 1. The molecule has 0 radical (unpaired) electrons. The molecule has 1 saturated heterocycles. The fourth-order valence-corrected chi connectivity index (χ4v) is 2.04. The Bertz CT molecular complexity index is 501. The zero-order valence-electron chi connectivity index (χ0n) is 9.64. The van der Waals surface area contributed by atoms with Crippen LogP contribution in [0.4, 0.5) is 5.82 Å². The first-order chi connectivity index (χ1) is 8.58. The SMILES string of the molecule is C=C[C@H]1[C@H](O)[C@@H](CO)O[C@H]1n1ccc(N)nc1=O. The quantitative estimate of drug-likeness (QED) is 0.588. The number of ether oxygens (including phenoxy) is 1. The molecule has 7 nitrogen and oxygen atoms in total. The van der Waals surface area contributed by atoms with E-state index in [-0.39, 0.29) is 12.4 Å². The average Bonchev–Trinajstić information content (AvgIpc) is 2.65. The van der Waals surface area contributed by atoms with Crippen molar-refractivity contribution in [3.05, 3.63) is 35.4 Å². The van der Waals surface area contributed by atoms with E-state index in [2.05, 4.69) is 11.6 Å². The molecule has 4 atom stereocenters. The second-order valence-electron chi connectivity index (χ2n) is 4.09. The van der Waals surface area contributed by atoms with E-state index in [1.165, 1.54) is 22.9 Å². The molecule has 0 aromatic carbocycles. The summed E-state index contributed by atoms with van der Waals surface area (Å²) in [5, 5.41) is 19.0. The van der Waals surface area contributed by atoms with Gasteiger partial charge in [0.05, 0.1) is 18.6 Å². The largest absolute Gasteiger partial charge is 0.394 e. The van der Waals surface area contributed by atoms with E-state index in [9.17, 15) is 9.90 Å². The van der Waals surface area contributed by atoms with E-state index >= 15 is 0 Å². The molecule has 18 heavy (non-hydrogen) atoms. The molecular weight excluding hydrogens is 238 g/mol. The lowest BCUT2D eigenvalue weighted by Crippen LogP contribution is -2.31. The predicted molar refractivity (Wildman–Crippen MR) is 63.6 cm³/mol. The van der Waals surface area contributed by atoms with E-state index < -0.39 is 30.0 Å². The van der Waals surface area contributed by atoms with Crippen molar-refractivity contribution in [1.82, 2.24) is 9.55 Å². The highest BCUT2D eigenvalue weighted by atomic mass is 16.5. The highest BCUT2D eigenvalue weighted by Crippen LogP contribution is 2.34. The Morgan fingerprint density at radius 2 is 2.39 bits per heavy atom. The van der Waals surface area contributed by atoms with Gasteiger partial charge in [0.25, 0.3) is 0 Å². The highest BCUT2D eigenvalue weighted by molar-refractivity contribution is 5.23. The van der Waals surface area contributed by atoms with Crippen LogP contribution < -0.4 is 11.4 Å². The standard InChI is InChI=1S/C11H15N3O4/c1-2-6-9(16)7(5-15)18-10(6)14-4-3-8(12)13-11(14)17/h2-4,6-7,9-10,15-16H,1,5H2,(H2,12,13,17)/t6-,7+,9-,10+/m0/s1. The van der Waals surface area contributed by atoms with Crippen molar-refractivity contribution in [1.29, 1.82) is 0 Å². The summed E-state index contributed by atoms with van der Waals surface area (Å²) in [7, 11) is 0. The van der Waals surface area contributed by atoms with Crippen molar-refractivity contribution in [2.24, 2.45) is 5.92 Å². The molecule has 0 unspecified atom stereocenters. The van der Waals surface area contributed by atoms with Crippen molar-refractivity contribution < 1.29 is 14.9 Å². The summed E-state index contributed by atoms with van der Waals surface area (Å²) in [6.07, 6.45) is 0.534. The van der Waals surface area contributed by atoms with E-state index in [1.54, 1.807) is 0 Å². The van der Waals surface area contributed by atoms with Crippen LogP contribution in [-0.2, 0) is 4.74 Å². The number of aromatic nitrogens is 2. The fourth-order valence-electron chi connectivity index (χ4n) is 2.04. The van der Waals surface area contributed by atoms with E-state index in [0.29, 0.717) is 0 Å². The number of hydrogen-bond donors (Lipinski definition) is 3. The summed E-state index contributed by atoms with van der Waals surface area (Å²) in [6.45, 7) is 3.27. The molecule has 2 heterocycles. The maximum absolute atomic E-state index is 11.7. The van der Waals surface area contributed by atoms with Gasteiger partial charge in [-0.05, 0) is 6.07 Å². The van der Waals surface area contributed by atoms with Gasteiger partial charge in [-0.15, -0.1) is 6.58 Å². The van der Waals surface area contributed by atoms with Crippen LogP contribution in [0.3, 0.4) is 0 Å². The summed E-state index contributed by atoms with van der Waals surface area (Å²) in [4.78, 5) is 15.3. The van der Waals surface area contributed by atoms with E-state index in [0.717, 1.165) is 0 Å². The molecule has 4 N–H and O–H groups in total. The molecule has 98 valence electrons. The Morgan fingerprint density at radius 1 is 1.67 bits per heavy atom. The maximum atomic E-state index is 11.7. The topological polar surface area (TPSA) is 111 Å². The van der Waals surface area contributed by atoms with Gasteiger partial charge in [-0.2, -0.15) is 4.98 Å². The minimum Gasteiger partial charge on any atom is -0.394 e. The minimum atomic E-state index is -0.915. The normalized spacial score (nSPS) is 31.4. The van der Waals surface area contributed by atoms with Gasteiger partial charge < -0.3 is 20.7 Å². The molecule has 0 aliphatic carbocycles. The third-order valence-corrected chi connectivity index (χ3v) is 3.00. The zero-order chi connectivity index (χ0) is 13.3. The molecule has 1 aliphatic rings. The lowest BCUT2D eigenvalue weighted by atomic mass is 10.00. The molecular formula is C11H15N3O4. The Balaban J connectivity index is 2.38. The first-order valence-corrected chi connectivity index (χ1v) is 5.50.